The molecule has 2 atom stereocenters. The van der Waals surface area contributed by atoms with Gasteiger partial charge < -0.3 is 15.2 Å². The first-order valence-corrected chi connectivity index (χ1v) is 10.7. The molecule has 150 valence electrons. The Balaban J connectivity index is 1.48. The van der Waals surface area contributed by atoms with Gasteiger partial charge in [0.1, 0.15) is 6.04 Å². The van der Waals surface area contributed by atoms with Crippen molar-refractivity contribution in [2.24, 2.45) is 29.1 Å². The van der Waals surface area contributed by atoms with Crippen LogP contribution in [0.5, 0.6) is 0 Å². The van der Waals surface area contributed by atoms with Gasteiger partial charge in [-0.15, -0.1) is 0 Å². The fourth-order valence-corrected chi connectivity index (χ4v) is 6.05. The highest BCUT2D eigenvalue weighted by atomic mass is 16.5. The molecule has 5 rings (SSSR count). The Morgan fingerprint density at radius 1 is 1.15 bits per heavy atom. The lowest BCUT2D eigenvalue weighted by molar-refractivity contribution is -0.147. The number of hydrogen-bond donors (Lipinski definition) is 2. The highest BCUT2D eigenvalue weighted by Crippen LogP contribution is 2.60. The highest BCUT2D eigenvalue weighted by molar-refractivity contribution is 5.83. The van der Waals surface area contributed by atoms with Crippen molar-refractivity contribution in [1.82, 2.24) is 20.8 Å². The summed E-state index contributed by atoms with van der Waals surface area (Å²) < 4.78 is 5.55. The Morgan fingerprint density at radius 3 is 2.26 bits per heavy atom. The molecule has 0 aromatic carbocycles. The third-order valence-corrected chi connectivity index (χ3v) is 7.20. The summed E-state index contributed by atoms with van der Waals surface area (Å²) >= 11 is 0. The third kappa shape index (κ3) is 3.65. The average molecular weight is 375 g/mol. The minimum absolute atomic E-state index is 0.147. The predicted molar refractivity (Wildman–Crippen MR) is 103 cm³/mol. The monoisotopic (exact) mass is 374 g/mol. The summed E-state index contributed by atoms with van der Waals surface area (Å²) in [6.07, 6.45) is 7.97. The smallest absolute Gasteiger partial charge is 0.249 e. The largest absolute Gasteiger partial charge is 0.344 e. The van der Waals surface area contributed by atoms with Crippen molar-refractivity contribution in [2.45, 2.75) is 77.8 Å². The molecule has 4 aliphatic carbocycles. The first-order chi connectivity index (χ1) is 12.9. The van der Waals surface area contributed by atoms with Crippen molar-refractivity contribution in [3.63, 3.8) is 0 Å². The molecule has 6 heteroatoms. The van der Waals surface area contributed by atoms with Gasteiger partial charge in [-0.1, -0.05) is 19.0 Å². The number of hydrogen-bond acceptors (Lipinski definition) is 5. The van der Waals surface area contributed by atoms with Crippen LogP contribution in [0.1, 0.15) is 77.1 Å². The third-order valence-electron chi connectivity index (χ3n) is 7.20. The van der Waals surface area contributed by atoms with E-state index in [2.05, 4.69) is 41.5 Å². The van der Waals surface area contributed by atoms with Gasteiger partial charge in [0.2, 0.25) is 11.8 Å². The van der Waals surface area contributed by atoms with E-state index in [0.717, 1.165) is 37.0 Å². The summed E-state index contributed by atoms with van der Waals surface area (Å²) in [5, 5.41) is 10.6. The van der Waals surface area contributed by atoms with Gasteiger partial charge in [0, 0.05) is 17.9 Å². The van der Waals surface area contributed by atoms with Crippen LogP contribution in [0.2, 0.25) is 0 Å². The summed E-state index contributed by atoms with van der Waals surface area (Å²) in [6, 6.07) is 0.0752. The van der Waals surface area contributed by atoms with Crippen molar-refractivity contribution in [3.05, 3.63) is 11.7 Å². The van der Waals surface area contributed by atoms with Crippen LogP contribution in [0.15, 0.2) is 4.52 Å². The first-order valence-electron chi connectivity index (χ1n) is 10.7. The maximum atomic E-state index is 13.4. The van der Waals surface area contributed by atoms with Gasteiger partial charge in [0.25, 0.3) is 0 Å². The Kier molecular flexibility index (Phi) is 5.04. The number of amides is 1. The number of carbonyl (C=O) groups excluding carboxylic acids is 1. The minimum atomic E-state index is -0.211. The Labute approximate surface area is 162 Å². The molecule has 4 fully saturated rings. The standard InChI is InChI=1S/C21H34N4O2/c1-12(2)18(19-23-17(25-27-19)5-13(3)22-4)24-20(26)21-9-14-6-15(10-21)8-16(7-14)11-21/h12-16,18,22H,5-11H2,1-4H3,(H,24,26). The second kappa shape index (κ2) is 7.19. The van der Waals surface area contributed by atoms with Crippen LogP contribution in [-0.4, -0.2) is 29.1 Å². The van der Waals surface area contributed by atoms with Crippen LogP contribution in [0.25, 0.3) is 0 Å². The van der Waals surface area contributed by atoms with Gasteiger partial charge in [0.15, 0.2) is 5.82 Å². The molecule has 6 nitrogen and oxygen atoms in total. The molecule has 1 heterocycles. The second-order valence-corrected chi connectivity index (χ2v) is 9.84. The maximum Gasteiger partial charge on any atom is 0.249 e. The van der Waals surface area contributed by atoms with Gasteiger partial charge in [0.05, 0.1) is 0 Å². The molecule has 2 unspecified atom stereocenters. The van der Waals surface area contributed by atoms with Gasteiger partial charge in [-0.3, -0.25) is 4.79 Å². The number of carbonyl (C=O) groups is 1. The Morgan fingerprint density at radius 2 is 1.74 bits per heavy atom. The fourth-order valence-electron chi connectivity index (χ4n) is 6.05. The van der Waals surface area contributed by atoms with Crippen molar-refractivity contribution < 1.29 is 9.32 Å². The van der Waals surface area contributed by atoms with Gasteiger partial charge in [-0.25, -0.2) is 0 Å². The lowest BCUT2D eigenvalue weighted by Crippen LogP contribution is -2.54. The first kappa shape index (κ1) is 18.9. The van der Waals surface area contributed by atoms with E-state index < -0.39 is 0 Å². The van der Waals surface area contributed by atoms with Crippen molar-refractivity contribution in [1.29, 1.82) is 0 Å². The quantitative estimate of drug-likeness (QED) is 0.766. The number of nitrogens with one attached hydrogen (secondary N) is 2. The summed E-state index contributed by atoms with van der Waals surface area (Å²) in [4.78, 5) is 18.0. The van der Waals surface area contributed by atoms with E-state index in [-0.39, 0.29) is 29.3 Å². The van der Waals surface area contributed by atoms with E-state index in [0.29, 0.717) is 18.1 Å². The average Bonchev–Trinajstić information content (AvgIpc) is 3.05. The molecule has 27 heavy (non-hydrogen) atoms. The molecule has 0 saturated heterocycles. The zero-order valence-electron chi connectivity index (χ0n) is 17.1. The van der Waals surface area contributed by atoms with E-state index in [9.17, 15) is 4.79 Å². The second-order valence-electron chi connectivity index (χ2n) is 9.84. The van der Waals surface area contributed by atoms with Crippen molar-refractivity contribution >= 4 is 5.91 Å². The zero-order chi connectivity index (χ0) is 19.2. The molecule has 1 aromatic heterocycles. The van der Waals surface area contributed by atoms with Crippen LogP contribution >= 0.6 is 0 Å². The summed E-state index contributed by atoms with van der Waals surface area (Å²) in [7, 11) is 1.92. The zero-order valence-corrected chi connectivity index (χ0v) is 17.1. The van der Waals surface area contributed by atoms with E-state index in [1.165, 1.54) is 19.3 Å². The van der Waals surface area contributed by atoms with Crippen LogP contribution in [0.4, 0.5) is 0 Å². The molecule has 0 radical (unpaired) electrons. The molecule has 0 aliphatic heterocycles. The lowest BCUT2D eigenvalue weighted by Gasteiger charge is -2.55. The highest BCUT2D eigenvalue weighted by Gasteiger charge is 2.55. The van der Waals surface area contributed by atoms with Crippen molar-refractivity contribution in [2.75, 3.05) is 7.05 Å². The topological polar surface area (TPSA) is 80.0 Å². The molecule has 2 N–H and O–H groups in total. The van der Waals surface area contributed by atoms with E-state index in [4.69, 9.17) is 4.52 Å². The molecule has 0 spiro atoms. The molecule has 4 aliphatic rings. The van der Waals surface area contributed by atoms with Crippen molar-refractivity contribution in [3.8, 4) is 0 Å². The number of nitrogens with zero attached hydrogens (tertiary/aromatic N) is 2. The number of likely N-dealkylation sites (N-methyl/N-ethyl adjacent to an activating group) is 1. The van der Waals surface area contributed by atoms with Gasteiger partial charge in [-0.2, -0.15) is 4.98 Å². The number of aromatic nitrogens is 2. The predicted octanol–water partition coefficient (Wildman–Crippen LogP) is 3.25. The molecule has 1 amide bonds. The fraction of sp³-hybridized carbons (Fsp3) is 0.857. The molecular weight excluding hydrogens is 340 g/mol. The normalized spacial score (nSPS) is 34.0. The van der Waals surface area contributed by atoms with Crippen LogP contribution in [0, 0.1) is 29.1 Å². The SMILES string of the molecule is CNC(C)Cc1noc(C(NC(=O)C23CC4CC(CC(C4)C2)C3)C(C)C)n1. The lowest BCUT2D eigenvalue weighted by atomic mass is 9.49. The summed E-state index contributed by atoms with van der Waals surface area (Å²) in [5.41, 5.74) is -0.147. The maximum absolute atomic E-state index is 13.4. The van der Waals surface area contributed by atoms with Gasteiger partial charge in [-0.05, 0) is 76.2 Å². The summed E-state index contributed by atoms with van der Waals surface area (Å²) in [6.45, 7) is 6.29. The molecule has 1 aromatic rings. The van der Waals surface area contributed by atoms with Crippen LogP contribution < -0.4 is 10.6 Å². The van der Waals surface area contributed by atoms with Crippen LogP contribution in [-0.2, 0) is 11.2 Å². The molecule has 4 bridgehead atoms. The van der Waals surface area contributed by atoms with E-state index in [1.807, 2.05) is 7.05 Å². The molecular formula is C21H34N4O2. The van der Waals surface area contributed by atoms with E-state index in [1.54, 1.807) is 0 Å². The summed E-state index contributed by atoms with van der Waals surface area (Å²) in [5.74, 6) is 3.96. The Hall–Kier alpha value is -1.43. The number of rotatable bonds is 7. The van der Waals surface area contributed by atoms with Gasteiger partial charge >= 0.3 is 0 Å². The van der Waals surface area contributed by atoms with E-state index >= 15 is 0 Å². The molecule has 4 saturated carbocycles. The van der Waals surface area contributed by atoms with Crippen LogP contribution in [0.3, 0.4) is 0 Å². The minimum Gasteiger partial charge on any atom is -0.344 e. The Bertz CT molecular complexity index is 648.